The van der Waals surface area contributed by atoms with Gasteiger partial charge in [-0.25, -0.2) is 9.78 Å². The third-order valence-electron chi connectivity index (χ3n) is 5.23. The first kappa shape index (κ1) is 25.3. The largest absolute Gasteiger partial charge is 0.403 e. The van der Waals surface area contributed by atoms with Crippen molar-refractivity contribution in [3.05, 3.63) is 35.2 Å². The van der Waals surface area contributed by atoms with Crippen molar-refractivity contribution in [2.24, 2.45) is 10.9 Å². The van der Waals surface area contributed by atoms with Crippen LogP contribution in [-0.2, 0) is 22.5 Å². The molecule has 0 unspecified atom stereocenters. The third-order valence-corrected chi connectivity index (χ3v) is 5.23. The molecule has 0 fully saturated rings. The fourth-order valence-electron chi connectivity index (χ4n) is 3.51. The molecule has 1 aliphatic rings. The number of anilines is 1. The Bertz CT molecular complexity index is 821. The monoisotopic (exact) mass is 444 g/mol. The molecule has 0 radical (unpaired) electrons. The molecule has 2 rings (SSSR count). The summed E-state index contributed by atoms with van der Waals surface area (Å²) in [7, 11) is 0. The third kappa shape index (κ3) is 9.43. The van der Waals surface area contributed by atoms with E-state index in [2.05, 4.69) is 27.5 Å². The number of allylic oxidation sites excluding steroid dienone is 1. The number of aryl methyl sites for hydroxylation is 2. The lowest BCUT2D eigenvalue weighted by atomic mass is 10.1. The van der Waals surface area contributed by atoms with Crippen molar-refractivity contribution in [3.8, 4) is 6.07 Å². The summed E-state index contributed by atoms with van der Waals surface area (Å²) in [5.74, 6) is 0.547. The van der Waals surface area contributed by atoms with E-state index in [9.17, 15) is 9.18 Å². The smallest absolute Gasteiger partial charge is 0.335 e. The maximum absolute atomic E-state index is 12.6. The predicted molar refractivity (Wildman–Crippen MR) is 123 cm³/mol. The molecule has 1 aromatic rings. The van der Waals surface area contributed by atoms with E-state index < -0.39 is 5.97 Å². The number of rotatable bonds is 14. The molecule has 0 aliphatic carbocycles. The van der Waals surface area contributed by atoms with Crippen LogP contribution < -0.4 is 11.1 Å². The van der Waals surface area contributed by atoms with Crippen molar-refractivity contribution in [3.63, 3.8) is 0 Å². The number of hydrogen-bond acceptors (Lipinski definition) is 8. The van der Waals surface area contributed by atoms with Crippen LogP contribution in [0, 0.1) is 11.3 Å². The van der Waals surface area contributed by atoms with E-state index in [1.54, 1.807) is 6.07 Å². The second-order valence-corrected chi connectivity index (χ2v) is 7.72. The first-order valence-corrected chi connectivity index (χ1v) is 11.2. The fourth-order valence-corrected chi connectivity index (χ4v) is 3.51. The van der Waals surface area contributed by atoms with Gasteiger partial charge >= 0.3 is 5.97 Å². The number of pyridine rings is 1. The maximum Gasteiger partial charge on any atom is 0.335 e. The lowest BCUT2D eigenvalue weighted by molar-refractivity contribution is -0.143. The number of oxime groups is 1. The molecule has 0 bridgehead atoms. The molecule has 0 saturated carbocycles. The number of unbranched alkanes of at least 4 members (excludes halogenated alkanes) is 1. The van der Waals surface area contributed by atoms with Crippen molar-refractivity contribution in [2.75, 3.05) is 38.2 Å². The van der Waals surface area contributed by atoms with Gasteiger partial charge in [-0.1, -0.05) is 11.2 Å². The normalized spacial score (nSPS) is 13.6. The number of nitrogens with two attached hydrogens (primary N) is 1. The Hall–Kier alpha value is -2.99. The maximum atomic E-state index is 12.6. The number of alkyl halides is 1. The van der Waals surface area contributed by atoms with E-state index in [4.69, 9.17) is 20.8 Å². The molecule has 174 valence electrons. The van der Waals surface area contributed by atoms with Crippen LogP contribution >= 0.6 is 0 Å². The first-order chi connectivity index (χ1) is 15.7. The van der Waals surface area contributed by atoms with Crippen LogP contribution in [0.25, 0.3) is 0 Å². The van der Waals surface area contributed by atoms with Gasteiger partial charge in [-0.05, 0) is 69.7 Å². The Morgan fingerprint density at radius 1 is 1.31 bits per heavy atom. The van der Waals surface area contributed by atoms with Gasteiger partial charge in [-0.2, -0.15) is 5.26 Å². The molecule has 0 saturated heterocycles. The standard InChI is InChI=1S/C23H33FN6O2/c24-11-5-15-30(14-4-8-22(31)32-28-18-19(16-25)17-26)13-2-1-7-21-10-9-20-6-3-12-27-23(20)29-21/h9-10,16,18H,1-8,11-15,25H2,(H,27,29)/b19-16-,28-18+. The topological polar surface area (TPSA) is 117 Å². The molecule has 8 nitrogen and oxygen atoms in total. The molecule has 0 aromatic carbocycles. The fraction of sp³-hybridized carbons (Fsp3) is 0.565. The predicted octanol–water partition coefficient (Wildman–Crippen LogP) is 3.10. The molecule has 9 heteroatoms. The highest BCUT2D eigenvalue weighted by Crippen LogP contribution is 2.20. The molecule has 32 heavy (non-hydrogen) atoms. The lowest BCUT2D eigenvalue weighted by Crippen LogP contribution is -2.28. The first-order valence-electron chi connectivity index (χ1n) is 11.2. The number of hydrogen-bond donors (Lipinski definition) is 2. The summed E-state index contributed by atoms with van der Waals surface area (Å²) >= 11 is 0. The van der Waals surface area contributed by atoms with Crippen LogP contribution in [0.3, 0.4) is 0 Å². The van der Waals surface area contributed by atoms with E-state index in [-0.39, 0.29) is 18.7 Å². The van der Waals surface area contributed by atoms with Crippen molar-refractivity contribution in [2.45, 2.75) is 51.4 Å². The van der Waals surface area contributed by atoms with Gasteiger partial charge in [0, 0.05) is 31.4 Å². The summed E-state index contributed by atoms with van der Waals surface area (Å²) in [6, 6.07) is 6.09. The summed E-state index contributed by atoms with van der Waals surface area (Å²) in [6.45, 7) is 2.83. The minimum absolute atomic E-state index is 0.108. The average molecular weight is 445 g/mol. The molecule has 1 aliphatic heterocycles. The zero-order valence-electron chi connectivity index (χ0n) is 18.6. The molecule has 0 atom stereocenters. The molecule has 1 aromatic heterocycles. The van der Waals surface area contributed by atoms with Crippen molar-refractivity contribution >= 4 is 18.0 Å². The van der Waals surface area contributed by atoms with Gasteiger partial charge in [0.2, 0.25) is 0 Å². The van der Waals surface area contributed by atoms with Crippen LogP contribution in [0.15, 0.2) is 29.1 Å². The zero-order valence-corrected chi connectivity index (χ0v) is 18.6. The van der Waals surface area contributed by atoms with Crippen LogP contribution in [0.5, 0.6) is 0 Å². The highest BCUT2D eigenvalue weighted by molar-refractivity contribution is 5.83. The van der Waals surface area contributed by atoms with Crippen LogP contribution in [0.1, 0.15) is 49.8 Å². The van der Waals surface area contributed by atoms with Gasteiger partial charge in [-0.3, -0.25) is 4.39 Å². The Kier molecular flexibility index (Phi) is 11.8. The number of carbonyl (C=O) groups is 1. The highest BCUT2D eigenvalue weighted by atomic mass is 19.1. The van der Waals surface area contributed by atoms with Gasteiger partial charge in [0.15, 0.2) is 0 Å². The number of halogens is 1. The summed E-state index contributed by atoms with van der Waals surface area (Å²) in [5.41, 5.74) is 7.71. The quantitative estimate of drug-likeness (QED) is 0.149. The van der Waals surface area contributed by atoms with Crippen molar-refractivity contribution < 1.29 is 14.0 Å². The number of nitrogens with one attached hydrogen (secondary N) is 1. The average Bonchev–Trinajstić information content (AvgIpc) is 2.82. The zero-order chi connectivity index (χ0) is 23.0. The van der Waals surface area contributed by atoms with Gasteiger partial charge in [0.05, 0.1) is 18.5 Å². The number of carbonyl (C=O) groups excluding carboxylic acids is 1. The van der Waals surface area contributed by atoms with Crippen LogP contribution in [0.2, 0.25) is 0 Å². The summed E-state index contributed by atoms with van der Waals surface area (Å²) < 4.78 is 12.6. The minimum Gasteiger partial charge on any atom is -0.403 e. The van der Waals surface area contributed by atoms with E-state index >= 15 is 0 Å². The second-order valence-electron chi connectivity index (χ2n) is 7.72. The summed E-state index contributed by atoms with van der Waals surface area (Å²) in [4.78, 5) is 23.4. The van der Waals surface area contributed by atoms with E-state index in [0.717, 1.165) is 69.1 Å². The molecule has 0 spiro atoms. The molecule has 3 N–H and O–H groups in total. The van der Waals surface area contributed by atoms with E-state index in [0.29, 0.717) is 25.9 Å². The number of fused-ring (bicyclic) bond motifs is 1. The minimum atomic E-state index is -0.479. The number of nitrogens with zero attached hydrogens (tertiary/aromatic N) is 4. The number of nitriles is 1. The van der Waals surface area contributed by atoms with E-state index in [1.807, 2.05) is 0 Å². The molecular weight excluding hydrogens is 411 g/mol. The van der Waals surface area contributed by atoms with Gasteiger partial charge in [0.1, 0.15) is 11.9 Å². The van der Waals surface area contributed by atoms with Gasteiger partial charge in [0.25, 0.3) is 0 Å². The molecule has 0 amide bonds. The number of aromatic nitrogens is 1. The SMILES string of the molecule is N#CC(/C=N/OC(=O)CCCN(CCCF)CCCCc1ccc2c(n1)NCCC2)=C/N. The lowest BCUT2D eigenvalue weighted by Gasteiger charge is -2.21. The van der Waals surface area contributed by atoms with E-state index in [1.165, 1.54) is 5.56 Å². The van der Waals surface area contributed by atoms with Gasteiger partial charge in [-0.15, -0.1) is 0 Å². The van der Waals surface area contributed by atoms with Crippen molar-refractivity contribution in [1.29, 1.82) is 5.26 Å². The summed E-state index contributed by atoms with van der Waals surface area (Å²) in [6.07, 6.45) is 8.59. The van der Waals surface area contributed by atoms with Gasteiger partial charge < -0.3 is 20.8 Å². The van der Waals surface area contributed by atoms with Crippen molar-refractivity contribution in [1.82, 2.24) is 9.88 Å². The van der Waals surface area contributed by atoms with Crippen LogP contribution in [0.4, 0.5) is 10.2 Å². The molecule has 2 heterocycles. The Balaban J connectivity index is 1.67. The second kappa shape index (κ2) is 14.9. The molecular formula is C23H33FN6O2. The summed E-state index contributed by atoms with van der Waals surface area (Å²) in [5, 5.41) is 15.5. The van der Waals surface area contributed by atoms with Crippen LogP contribution in [-0.4, -0.2) is 54.9 Å². The Morgan fingerprint density at radius 3 is 2.91 bits per heavy atom. The Morgan fingerprint density at radius 2 is 2.12 bits per heavy atom. The highest BCUT2D eigenvalue weighted by Gasteiger charge is 2.11. The Labute approximate surface area is 189 Å².